The topological polar surface area (TPSA) is 110 Å². The first-order valence-corrected chi connectivity index (χ1v) is 12.7. The number of hydrogen-bond donors (Lipinski definition) is 2. The minimum absolute atomic E-state index is 0.131. The summed E-state index contributed by atoms with van der Waals surface area (Å²) in [6, 6.07) is 22.8. The average Bonchev–Trinajstić information content (AvgIpc) is 3.28. The Morgan fingerprint density at radius 3 is 2.35 bits per heavy atom. The van der Waals surface area contributed by atoms with Gasteiger partial charge in [0, 0.05) is 36.0 Å². The Hall–Kier alpha value is -3.53. The third kappa shape index (κ3) is 5.17. The summed E-state index contributed by atoms with van der Waals surface area (Å²) in [6.07, 6.45) is 0. The Labute approximate surface area is 201 Å². The second-order valence-corrected chi connectivity index (χ2v) is 11.2. The molecule has 0 saturated carbocycles. The van der Waals surface area contributed by atoms with Gasteiger partial charge in [0.2, 0.25) is 5.91 Å². The zero-order chi connectivity index (χ0) is 24.3. The number of nitrogens with one attached hydrogen (secondary N) is 1. The van der Waals surface area contributed by atoms with E-state index in [9.17, 15) is 18.0 Å². The largest absolute Gasteiger partial charge is 0.366 e. The lowest BCUT2D eigenvalue weighted by Crippen LogP contribution is -2.26. The molecular formula is C25H23N3O4S2. The molecule has 0 aliphatic carbocycles. The number of fused-ring (bicyclic) bond motifs is 1. The average molecular weight is 494 g/mol. The van der Waals surface area contributed by atoms with E-state index >= 15 is 0 Å². The van der Waals surface area contributed by atoms with Gasteiger partial charge in [0.15, 0.2) is 0 Å². The molecule has 1 aromatic heterocycles. The fourth-order valence-electron chi connectivity index (χ4n) is 3.46. The molecule has 0 unspecified atom stereocenters. The molecule has 0 atom stereocenters. The first kappa shape index (κ1) is 23.6. The Morgan fingerprint density at radius 2 is 1.65 bits per heavy atom. The molecule has 1 heterocycles. The Bertz CT molecular complexity index is 1430. The quantitative estimate of drug-likeness (QED) is 0.390. The van der Waals surface area contributed by atoms with Crippen molar-refractivity contribution < 1.29 is 18.0 Å². The highest BCUT2D eigenvalue weighted by molar-refractivity contribution is 7.91. The smallest absolute Gasteiger partial charge is 0.252 e. The highest BCUT2D eigenvalue weighted by Crippen LogP contribution is 2.30. The summed E-state index contributed by atoms with van der Waals surface area (Å²) in [5.41, 5.74) is 7.59. The van der Waals surface area contributed by atoms with Crippen LogP contribution in [-0.4, -0.2) is 31.6 Å². The van der Waals surface area contributed by atoms with Crippen molar-refractivity contribution in [2.75, 3.05) is 7.05 Å². The third-order valence-corrected chi connectivity index (χ3v) is 8.72. The van der Waals surface area contributed by atoms with E-state index < -0.39 is 15.9 Å². The maximum absolute atomic E-state index is 13.1. The number of carbonyl (C=O) groups is 2. The lowest BCUT2D eigenvalue weighted by atomic mass is 10.1. The van der Waals surface area contributed by atoms with Crippen LogP contribution in [0.15, 0.2) is 83.1 Å². The van der Waals surface area contributed by atoms with Gasteiger partial charge >= 0.3 is 0 Å². The summed E-state index contributed by atoms with van der Waals surface area (Å²) in [5, 5.41) is 3.72. The maximum Gasteiger partial charge on any atom is 0.252 e. The molecule has 0 radical (unpaired) electrons. The first-order valence-electron chi connectivity index (χ1n) is 10.4. The fourth-order valence-corrected chi connectivity index (χ4v) is 6.23. The van der Waals surface area contributed by atoms with Crippen molar-refractivity contribution in [2.45, 2.75) is 17.3 Å². The molecule has 3 aromatic carbocycles. The number of thiophene rings is 1. The molecule has 0 saturated heterocycles. The van der Waals surface area contributed by atoms with Gasteiger partial charge in [-0.2, -0.15) is 4.31 Å². The van der Waals surface area contributed by atoms with Crippen LogP contribution >= 0.6 is 11.3 Å². The van der Waals surface area contributed by atoms with Crippen molar-refractivity contribution in [3.8, 4) is 0 Å². The number of rotatable bonds is 8. The van der Waals surface area contributed by atoms with E-state index in [4.69, 9.17) is 5.73 Å². The predicted molar refractivity (Wildman–Crippen MR) is 133 cm³/mol. The zero-order valence-corrected chi connectivity index (χ0v) is 20.0. The van der Waals surface area contributed by atoms with E-state index in [1.807, 2.05) is 24.3 Å². The van der Waals surface area contributed by atoms with Gasteiger partial charge in [0.1, 0.15) is 4.21 Å². The Morgan fingerprint density at radius 1 is 0.912 bits per heavy atom. The Kier molecular flexibility index (Phi) is 6.78. The molecule has 3 N–H and O–H groups in total. The van der Waals surface area contributed by atoms with Gasteiger partial charge in [-0.15, -0.1) is 11.3 Å². The molecule has 0 bridgehead atoms. The number of hydrogen-bond acceptors (Lipinski definition) is 5. The summed E-state index contributed by atoms with van der Waals surface area (Å²) in [5.74, 6) is -0.789. The summed E-state index contributed by atoms with van der Waals surface area (Å²) in [4.78, 5) is 23.8. The van der Waals surface area contributed by atoms with Crippen LogP contribution in [0.3, 0.4) is 0 Å². The van der Waals surface area contributed by atoms with Crippen molar-refractivity contribution in [2.24, 2.45) is 5.73 Å². The molecule has 2 amide bonds. The number of carbonyl (C=O) groups excluding carboxylic acids is 2. The monoisotopic (exact) mass is 493 g/mol. The van der Waals surface area contributed by atoms with Crippen LogP contribution in [0.2, 0.25) is 0 Å². The number of primary amides is 1. The number of sulfonamides is 1. The lowest BCUT2D eigenvalue weighted by molar-refractivity contribution is 0.0949. The van der Waals surface area contributed by atoms with Gasteiger partial charge in [-0.1, -0.05) is 42.5 Å². The molecule has 4 rings (SSSR count). The summed E-state index contributed by atoms with van der Waals surface area (Å²) < 4.78 is 28.6. The van der Waals surface area contributed by atoms with Crippen LogP contribution in [0.25, 0.3) is 10.1 Å². The molecule has 0 spiro atoms. The van der Waals surface area contributed by atoms with Gasteiger partial charge in [0.05, 0.1) is 0 Å². The van der Waals surface area contributed by atoms with Crippen molar-refractivity contribution in [3.63, 3.8) is 0 Å². The highest BCUT2D eigenvalue weighted by atomic mass is 32.2. The van der Waals surface area contributed by atoms with Crippen molar-refractivity contribution >= 4 is 43.3 Å². The molecule has 9 heteroatoms. The molecular weight excluding hydrogens is 470 g/mol. The van der Waals surface area contributed by atoms with Gasteiger partial charge in [-0.3, -0.25) is 9.59 Å². The van der Waals surface area contributed by atoms with Gasteiger partial charge in [-0.25, -0.2) is 8.42 Å². The van der Waals surface area contributed by atoms with E-state index in [1.54, 1.807) is 54.6 Å². The summed E-state index contributed by atoms with van der Waals surface area (Å²) >= 11 is 1.24. The summed E-state index contributed by atoms with van der Waals surface area (Å²) in [7, 11) is -2.14. The van der Waals surface area contributed by atoms with Crippen LogP contribution in [0.5, 0.6) is 0 Å². The van der Waals surface area contributed by atoms with Crippen LogP contribution in [0, 0.1) is 0 Å². The summed E-state index contributed by atoms with van der Waals surface area (Å²) in [6.45, 7) is 0.411. The van der Waals surface area contributed by atoms with Gasteiger partial charge in [0.25, 0.3) is 15.9 Å². The maximum atomic E-state index is 13.1. The lowest BCUT2D eigenvalue weighted by Gasteiger charge is -2.16. The Balaban J connectivity index is 1.43. The van der Waals surface area contributed by atoms with Crippen LogP contribution < -0.4 is 11.1 Å². The van der Waals surface area contributed by atoms with Crippen LogP contribution in [0.1, 0.15) is 31.8 Å². The van der Waals surface area contributed by atoms with Crippen molar-refractivity contribution in [3.05, 3.63) is 101 Å². The molecule has 34 heavy (non-hydrogen) atoms. The fraction of sp³-hybridized carbons (Fsp3) is 0.120. The molecule has 0 fully saturated rings. The van der Waals surface area contributed by atoms with E-state index in [0.29, 0.717) is 16.7 Å². The van der Waals surface area contributed by atoms with E-state index in [1.165, 1.54) is 22.7 Å². The van der Waals surface area contributed by atoms with Crippen molar-refractivity contribution in [1.29, 1.82) is 0 Å². The van der Waals surface area contributed by atoms with Gasteiger partial charge < -0.3 is 11.1 Å². The molecule has 7 nitrogen and oxygen atoms in total. The minimum atomic E-state index is -3.67. The molecule has 0 aliphatic heterocycles. The molecule has 0 aliphatic rings. The molecule has 174 valence electrons. The normalized spacial score (nSPS) is 11.6. The number of amides is 2. The predicted octanol–water partition coefficient (Wildman–Crippen LogP) is 3.75. The number of benzene rings is 3. The SMILES string of the molecule is CN(Cc1cccc(C(=O)NCc2ccc(C(N)=O)cc2)c1)S(=O)(=O)c1cc2ccccc2s1. The zero-order valence-electron chi connectivity index (χ0n) is 18.4. The second-order valence-electron chi connectivity index (χ2n) is 7.81. The number of nitrogens with two attached hydrogens (primary N) is 1. The van der Waals surface area contributed by atoms with Gasteiger partial charge in [-0.05, 0) is 52.9 Å². The van der Waals surface area contributed by atoms with E-state index in [0.717, 1.165) is 15.6 Å². The van der Waals surface area contributed by atoms with E-state index in [2.05, 4.69) is 5.32 Å². The van der Waals surface area contributed by atoms with Crippen molar-refractivity contribution in [1.82, 2.24) is 9.62 Å². The van der Waals surface area contributed by atoms with E-state index in [-0.39, 0.29) is 23.2 Å². The molecule has 4 aromatic rings. The number of nitrogens with zero attached hydrogens (tertiary/aromatic N) is 1. The second kappa shape index (κ2) is 9.76. The van der Waals surface area contributed by atoms with Crippen LogP contribution in [0.4, 0.5) is 0 Å². The highest BCUT2D eigenvalue weighted by Gasteiger charge is 2.23. The standard InChI is InChI=1S/C25H23N3O4S2/c1-28(34(31,32)23-14-20-6-2-3-8-22(20)33-23)16-18-5-4-7-21(13-18)25(30)27-15-17-9-11-19(12-10-17)24(26)29/h2-14H,15-16H2,1H3,(H2,26,29)(H,27,30). The van der Waals surface area contributed by atoms with Crippen LogP contribution in [-0.2, 0) is 23.1 Å². The third-order valence-electron chi connectivity index (χ3n) is 5.35. The first-order chi connectivity index (χ1) is 16.2. The minimum Gasteiger partial charge on any atom is -0.366 e.